The summed E-state index contributed by atoms with van der Waals surface area (Å²) in [6.07, 6.45) is -1.23. The number of nitrogens with zero attached hydrogens (tertiary/aromatic N) is 1. The number of alkyl halides is 3. The Hall–Kier alpha value is -0.780. The summed E-state index contributed by atoms with van der Waals surface area (Å²) in [5, 5.41) is 0. The minimum absolute atomic E-state index is 0.167. The molecule has 1 aliphatic heterocycles. The maximum atomic E-state index is 12.8. The number of amides is 1. The number of hydrogen-bond donors (Lipinski definition) is 1. The molecule has 1 rings (SSSR count). The maximum Gasteiger partial charge on any atom is 0.415 e. The molecule has 1 fully saturated rings. The maximum absolute atomic E-state index is 12.8. The van der Waals surface area contributed by atoms with Crippen molar-refractivity contribution in [3.63, 3.8) is 0 Å². The molecule has 2 N–H and O–H groups in total. The molecule has 1 unspecified atom stereocenters. The van der Waals surface area contributed by atoms with Gasteiger partial charge in [-0.05, 0) is 25.2 Å². The van der Waals surface area contributed by atoms with E-state index in [-0.39, 0.29) is 5.41 Å². The molecule has 112 valence electrons. The Labute approximate surface area is 112 Å². The molecule has 0 aromatic heterocycles. The molecule has 0 spiro atoms. The number of nitrogens with two attached hydrogens (primary N) is 1. The average Bonchev–Trinajstić information content (AvgIpc) is 2.36. The fourth-order valence-corrected chi connectivity index (χ4v) is 2.59. The van der Waals surface area contributed by atoms with E-state index in [0.717, 1.165) is 32.6 Å². The SMILES string of the molecule is CCC1(CC)CCN(C(=O)C(C)(N)C(F)(F)F)CC1. The van der Waals surface area contributed by atoms with Crippen LogP contribution in [0.4, 0.5) is 13.2 Å². The first-order valence-electron chi connectivity index (χ1n) is 6.74. The van der Waals surface area contributed by atoms with E-state index < -0.39 is 17.6 Å². The fourth-order valence-electron chi connectivity index (χ4n) is 2.59. The molecule has 0 aliphatic carbocycles. The number of carbonyl (C=O) groups excluding carboxylic acids is 1. The Kier molecular flexibility index (Phi) is 4.55. The third-order valence-corrected chi connectivity index (χ3v) is 4.64. The van der Waals surface area contributed by atoms with Crippen LogP contribution in [0.5, 0.6) is 0 Å². The first kappa shape index (κ1) is 16.3. The van der Waals surface area contributed by atoms with Gasteiger partial charge in [0.15, 0.2) is 5.54 Å². The number of piperidine rings is 1. The standard InChI is InChI=1S/C13H23F3N2O/c1-4-12(5-2)6-8-18(9-7-12)10(19)11(3,17)13(14,15)16/h4-9,17H2,1-3H3. The predicted molar refractivity (Wildman–Crippen MR) is 67.5 cm³/mol. The van der Waals surface area contributed by atoms with Gasteiger partial charge >= 0.3 is 6.18 Å². The summed E-state index contributed by atoms with van der Waals surface area (Å²) in [6.45, 7) is 5.65. The van der Waals surface area contributed by atoms with Gasteiger partial charge in [-0.15, -0.1) is 0 Å². The van der Waals surface area contributed by atoms with Crippen molar-refractivity contribution in [2.75, 3.05) is 13.1 Å². The highest BCUT2D eigenvalue weighted by molar-refractivity contribution is 5.86. The van der Waals surface area contributed by atoms with Gasteiger partial charge in [-0.2, -0.15) is 13.2 Å². The van der Waals surface area contributed by atoms with Crippen molar-refractivity contribution in [3.8, 4) is 0 Å². The van der Waals surface area contributed by atoms with E-state index in [1.165, 1.54) is 4.90 Å². The van der Waals surface area contributed by atoms with Crippen LogP contribution in [0.25, 0.3) is 0 Å². The van der Waals surface area contributed by atoms with Crippen molar-refractivity contribution < 1.29 is 18.0 Å². The van der Waals surface area contributed by atoms with E-state index in [4.69, 9.17) is 5.73 Å². The molecule has 1 atom stereocenters. The molecule has 0 saturated carbocycles. The average molecular weight is 280 g/mol. The van der Waals surface area contributed by atoms with Gasteiger partial charge in [-0.25, -0.2) is 0 Å². The van der Waals surface area contributed by atoms with Crippen LogP contribution in [-0.4, -0.2) is 35.6 Å². The lowest BCUT2D eigenvalue weighted by Gasteiger charge is -2.43. The monoisotopic (exact) mass is 280 g/mol. The number of carbonyl (C=O) groups is 1. The topological polar surface area (TPSA) is 46.3 Å². The highest BCUT2D eigenvalue weighted by atomic mass is 19.4. The number of rotatable bonds is 3. The van der Waals surface area contributed by atoms with Crippen molar-refractivity contribution in [2.45, 2.75) is 58.2 Å². The first-order chi connectivity index (χ1) is 8.59. The molecule has 0 aromatic carbocycles. The number of hydrogen-bond acceptors (Lipinski definition) is 2. The first-order valence-corrected chi connectivity index (χ1v) is 6.74. The van der Waals surface area contributed by atoms with Gasteiger partial charge in [-0.3, -0.25) is 4.79 Å². The molecular formula is C13H23F3N2O. The van der Waals surface area contributed by atoms with Gasteiger partial charge in [0.1, 0.15) is 0 Å². The summed E-state index contributed by atoms with van der Waals surface area (Å²) in [5.41, 5.74) is 2.56. The molecule has 0 aromatic rings. The smallest absolute Gasteiger partial charge is 0.341 e. The van der Waals surface area contributed by atoms with Crippen LogP contribution in [0.2, 0.25) is 0 Å². The zero-order valence-corrected chi connectivity index (χ0v) is 11.8. The summed E-state index contributed by atoms with van der Waals surface area (Å²) in [5.74, 6) is -1.01. The summed E-state index contributed by atoms with van der Waals surface area (Å²) in [4.78, 5) is 13.2. The second kappa shape index (κ2) is 5.31. The van der Waals surface area contributed by atoms with Crippen LogP contribution in [-0.2, 0) is 4.79 Å². The van der Waals surface area contributed by atoms with Crippen molar-refractivity contribution >= 4 is 5.91 Å². The van der Waals surface area contributed by atoms with Gasteiger partial charge < -0.3 is 10.6 Å². The zero-order chi connectivity index (χ0) is 14.9. The van der Waals surface area contributed by atoms with E-state index in [9.17, 15) is 18.0 Å². The van der Waals surface area contributed by atoms with Crippen LogP contribution in [0, 0.1) is 5.41 Å². The quantitative estimate of drug-likeness (QED) is 0.864. The Morgan fingerprint density at radius 1 is 1.21 bits per heavy atom. The predicted octanol–water partition coefficient (Wildman–Crippen LogP) is 2.69. The fraction of sp³-hybridized carbons (Fsp3) is 0.923. The molecule has 1 aliphatic rings. The van der Waals surface area contributed by atoms with Crippen LogP contribution >= 0.6 is 0 Å². The Morgan fingerprint density at radius 2 is 1.63 bits per heavy atom. The molecule has 0 radical (unpaired) electrons. The van der Waals surface area contributed by atoms with E-state index in [1.807, 2.05) is 0 Å². The summed E-state index contributed by atoms with van der Waals surface area (Å²) < 4.78 is 38.3. The third-order valence-electron chi connectivity index (χ3n) is 4.64. The van der Waals surface area contributed by atoms with Crippen molar-refractivity contribution in [3.05, 3.63) is 0 Å². The number of likely N-dealkylation sites (tertiary alicyclic amines) is 1. The largest absolute Gasteiger partial charge is 0.415 e. The lowest BCUT2D eigenvalue weighted by Crippen LogP contribution is -2.63. The molecule has 1 saturated heterocycles. The van der Waals surface area contributed by atoms with Crippen LogP contribution in [0.1, 0.15) is 46.5 Å². The minimum Gasteiger partial charge on any atom is -0.341 e. The second-order valence-electron chi connectivity index (χ2n) is 5.70. The second-order valence-corrected chi connectivity index (χ2v) is 5.70. The molecule has 0 bridgehead atoms. The molecular weight excluding hydrogens is 257 g/mol. The van der Waals surface area contributed by atoms with E-state index in [2.05, 4.69) is 13.8 Å². The van der Waals surface area contributed by atoms with Crippen LogP contribution in [0.15, 0.2) is 0 Å². The van der Waals surface area contributed by atoms with Gasteiger partial charge in [0.2, 0.25) is 0 Å². The van der Waals surface area contributed by atoms with E-state index in [0.29, 0.717) is 13.1 Å². The lowest BCUT2D eigenvalue weighted by molar-refractivity contribution is -0.194. The highest BCUT2D eigenvalue weighted by Gasteiger charge is 2.55. The summed E-state index contributed by atoms with van der Waals surface area (Å²) >= 11 is 0. The van der Waals surface area contributed by atoms with Crippen molar-refractivity contribution in [1.29, 1.82) is 0 Å². The lowest BCUT2D eigenvalue weighted by atomic mass is 9.74. The van der Waals surface area contributed by atoms with Crippen LogP contribution in [0.3, 0.4) is 0 Å². The molecule has 19 heavy (non-hydrogen) atoms. The molecule has 6 heteroatoms. The zero-order valence-electron chi connectivity index (χ0n) is 11.8. The Balaban J connectivity index is 2.74. The molecule has 1 amide bonds. The van der Waals surface area contributed by atoms with Crippen LogP contribution < -0.4 is 5.73 Å². The third kappa shape index (κ3) is 3.04. The van der Waals surface area contributed by atoms with Crippen molar-refractivity contribution in [2.24, 2.45) is 11.1 Å². The summed E-state index contributed by atoms with van der Waals surface area (Å²) in [6, 6.07) is 0. The normalized spacial score (nSPS) is 23.0. The Morgan fingerprint density at radius 3 is 1.95 bits per heavy atom. The van der Waals surface area contributed by atoms with Gasteiger partial charge in [0.05, 0.1) is 0 Å². The van der Waals surface area contributed by atoms with E-state index >= 15 is 0 Å². The van der Waals surface area contributed by atoms with Gasteiger partial charge in [-0.1, -0.05) is 26.7 Å². The van der Waals surface area contributed by atoms with Gasteiger partial charge in [0.25, 0.3) is 5.91 Å². The minimum atomic E-state index is -4.71. The van der Waals surface area contributed by atoms with E-state index in [1.54, 1.807) is 0 Å². The number of halogens is 3. The summed E-state index contributed by atoms with van der Waals surface area (Å²) in [7, 11) is 0. The van der Waals surface area contributed by atoms with Crippen molar-refractivity contribution in [1.82, 2.24) is 4.90 Å². The molecule has 3 nitrogen and oxygen atoms in total. The highest BCUT2D eigenvalue weighted by Crippen LogP contribution is 2.39. The molecule has 1 heterocycles. The van der Waals surface area contributed by atoms with Gasteiger partial charge in [0, 0.05) is 13.1 Å². The Bertz CT molecular complexity index is 325.